The van der Waals surface area contributed by atoms with Crippen molar-refractivity contribution >= 4 is 18.3 Å². The van der Waals surface area contributed by atoms with E-state index in [0.29, 0.717) is 13.0 Å². The van der Waals surface area contributed by atoms with Gasteiger partial charge in [-0.05, 0) is 30.5 Å². The van der Waals surface area contributed by atoms with Crippen LogP contribution in [0.4, 0.5) is 0 Å². The van der Waals surface area contributed by atoms with Crippen LogP contribution < -0.4 is 10.5 Å². The molecular formula is C14H21ClN2O2. The molecule has 1 heterocycles. The van der Waals surface area contributed by atoms with Gasteiger partial charge in [0.2, 0.25) is 5.91 Å². The van der Waals surface area contributed by atoms with Crippen LogP contribution in [0.15, 0.2) is 24.3 Å². The van der Waals surface area contributed by atoms with Crippen LogP contribution in [-0.2, 0) is 4.79 Å². The molecule has 19 heavy (non-hydrogen) atoms. The van der Waals surface area contributed by atoms with Crippen molar-refractivity contribution in [3.63, 3.8) is 0 Å². The fraction of sp³-hybridized carbons (Fsp3) is 0.500. The van der Waals surface area contributed by atoms with Gasteiger partial charge in [0.05, 0.1) is 13.2 Å². The van der Waals surface area contributed by atoms with E-state index in [4.69, 9.17) is 10.5 Å². The van der Waals surface area contributed by atoms with Gasteiger partial charge in [-0.3, -0.25) is 4.79 Å². The number of amides is 1. The van der Waals surface area contributed by atoms with Crippen molar-refractivity contribution in [3.8, 4) is 5.75 Å². The maximum Gasteiger partial charge on any atom is 0.224 e. The minimum absolute atomic E-state index is 0. The Morgan fingerprint density at radius 2 is 2.11 bits per heavy atom. The Hall–Kier alpha value is -1.26. The second kappa shape index (κ2) is 7.36. The molecule has 0 saturated carbocycles. The molecule has 1 fully saturated rings. The summed E-state index contributed by atoms with van der Waals surface area (Å²) in [5, 5.41) is 0. The molecule has 1 unspecified atom stereocenters. The number of nitrogens with zero attached hydrogens (tertiary/aromatic N) is 1. The number of likely N-dealkylation sites (tertiary alicyclic amines) is 1. The Bertz CT molecular complexity index is 408. The molecule has 1 saturated heterocycles. The van der Waals surface area contributed by atoms with Gasteiger partial charge < -0.3 is 15.4 Å². The summed E-state index contributed by atoms with van der Waals surface area (Å²) in [7, 11) is 1.65. The lowest BCUT2D eigenvalue weighted by molar-refractivity contribution is -0.131. The van der Waals surface area contributed by atoms with Crippen molar-refractivity contribution in [2.45, 2.75) is 25.3 Å². The topological polar surface area (TPSA) is 55.6 Å². The highest BCUT2D eigenvalue weighted by Crippen LogP contribution is 2.32. The van der Waals surface area contributed by atoms with Gasteiger partial charge in [-0.25, -0.2) is 0 Å². The van der Waals surface area contributed by atoms with Gasteiger partial charge >= 0.3 is 0 Å². The number of methoxy groups -OCH3 is 1. The Balaban J connectivity index is 0.00000180. The van der Waals surface area contributed by atoms with Crippen molar-refractivity contribution in [1.29, 1.82) is 0 Å². The highest BCUT2D eigenvalue weighted by Gasteiger charge is 2.29. The maximum absolute atomic E-state index is 12.0. The van der Waals surface area contributed by atoms with Crippen LogP contribution in [0.3, 0.4) is 0 Å². The molecule has 1 atom stereocenters. The molecule has 1 aromatic rings. The molecule has 1 aromatic carbocycles. The number of ether oxygens (including phenoxy) is 1. The molecule has 0 spiro atoms. The molecular weight excluding hydrogens is 264 g/mol. The summed E-state index contributed by atoms with van der Waals surface area (Å²) in [6.07, 6.45) is 2.53. The first-order valence-electron chi connectivity index (χ1n) is 6.39. The lowest BCUT2D eigenvalue weighted by Gasteiger charge is -2.25. The van der Waals surface area contributed by atoms with E-state index in [-0.39, 0.29) is 24.4 Å². The number of carbonyl (C=O) groups excluding carboxylic acids is 1. The third-order valence-corrected chi connectivity index (χ3v) is 3.43. The molecule has 2 N–H and O–H groups in total. The van der Waals surface area contributed by atoms with Crippen LogP contribution in [0.2, 0.25) is 0 Å². The molecule has 5 heteroatoms. The number of nitrogens with two attached hydrogens (primary N) is 1. The average Bonchev–Trinajstić information content (AvgIpc) is 2.88. The van der Waals surface area contributed by atoms with Gasteiger partial charge in [0.25, 0.3) is 0 Å². The van der Waals surface area contributed by atoms with Gasteiger partial charge in [0.15, 0.2) is 0 Å². The zero-order chi connectivity index (χ0) is 13.0. The Labute approximate surface area is 120 Å². The molecule has 0 aromatic heterocycles. The summed E-state index contributed by atoms with van der Waals surface area (Å²) >= 11 is 0. The summed E-state index contributed by atoms with van der Waals surface area (Å²) in [6, 6.07) is 8.17. The van der Waals surface area contributed by atoms with Crippen LogP contribution >= 0.6 is 12.4 Å². The Kier molecular flexibility index (Phi) is 6.12. The summed E-state index contributed by atoms with van der Waals surface area (Å²) in [6.45, 7) is 1.26. The highest BCUT2D eigenvalue weighted by atomic mass is 35.5. The predicted octanol–water partition coefficient (Wildman–Crippen LogP) is 2.13. The standard InChI is InChI=1S/C14H20N2O2.ClH/c1-18-12-6-4-11(5-7-12)13-3-2-10-16(13)14(17)8-9-15;/h4-7,13H,2-3,8-10,15H2,1H3;1H. The largest absolute Gasteiger partial charge is 0.497 e. The van der Waals surface area contributed by atoms with Crippen LogP contribution in [0.5, 0.6) is 5.75 Å². The summed E-state index contributed by atoms with van der Waals surface area (Å²) in [4.78, 5) is 13.9. The molecule has 1 amide bonds. The number of hydrogen-bond donors (Lipinski definition) is 1. The summed E-state index contributed by atoms with van der Waals surface area (Å²) in [5.74, 6) is 1.01. The molecule has 1 aliphatic rings. The van der Waals surface area contributed by atoms with Crippen molar-refractivity contribution < 1.29 is 9.53 Å². The van der Waals surface area contributed by atoms with E-state index in [2.05, 4.69) is 0 Å². The second-order valence-corrected chi connectivity index (χ2v) is 4.56. The number of benzene rings is 1. The quantitative estimate of drug-likeness (QED) is 0.921. The van der Waals surface area contributed by atoms with E-state index in [1.807, 2.05) is 29.2 Å². The van der Waals surface area contributed by atoms with Crippen LogP contribution in [0.25, 0.3) is 0 Å². The normalized spacial score (nSPS) is 18.0. The third-order valence-electron chi connectivity index (χ3n) is 3.43. The van der Waals surface area contributed by atoms with Gasteiger partial charge in [0.1, 0.15) is 5.75 Å². The van der Waals surface area contributed by atoms with Crippen LogP contribution in [0.1, 0.15) is 30.9 Å². The minimum Gasteiger partial charge on any atom is -0.497 e. The first-order valence-corrected chi connectivity index (χ1v) is 6.39. The summed E-state index contributed by atoms with van der Waals surface area (Å²) in [5.41, 5.74) is 6.63. The first kappa shape index (κ1) is 15.8. The smallest absolute Gasteiger partial charge is 0.224 e. The Morgan fingerprint density at radius 1 is 1.42 bits per heavy atom. The molecule has 0 bridgehead atoms. The van der Waals surface area contributed by atoms with E-state index in [9.17, 15) is 4.79 Å². The molecule has 1 aliphatic heterocycles. The van der Waals surface area contributed by atoms with Crippen LogP contribution in [0, 0.1) is 0 Å². The minimum atomic E-state index is 0. The number of carbonyl (C=O) groups is 1. The van der Waals surface area contributed by atoms with Crippen molar-refractivity contribution in [3.05, 3.63) is 29.8 Å². The van der Waals surface area contributed by atoms with Gasteiger partial charge in [-0.2, -0.15) is 0 Å². The SMILES string of the molecule is COc1ccc(C2CCCN2C(=O)CCN)cc1.Cl. The zero-order valence-electron chi connectivity index (χ0n) is 11.2. The highest BCUT2D eigenvalue weighted by molar-refractivity contribution is 5.85. The molecule has 106 valence electrons. The van der Waals surface area contributed by atoms with E-state index in [1.165, 1.54) is 5.56 Å². The van der Waals surface area contributed by atoms with E-state index < -0.39 is 0 Å². The maximum atomic E-state index is 12.0. The van der Waals surface area contributed by atoms with Gasteiger partial charge in [0, 0.05) is 19.5 Å². The second-order valence-electron chi connectivity index (χ2n) is 4.56. The monoisotopic (exact) mass is 284 g/mol. The van der Waals surface area contributed by atoms with Crippen molar-refractivity contribution in [2.24, 2.45) is 5.73 Å². The molecule has 2 rings (SSSR count). The molecule has 4 nitrogen and oxygen atoms in total. The lowest BCUT2D eigenvalue weighted by atomic mass is 10.0. The number of hydrogen-bond acceptors (Lipinski definition) is 3. The Morgan fingerprint density at radius 3 is 2.68 bits per heavy atom. The van der Waals surface area contributed by atoms with Gasteiger partial charge in [-0.15, -0.1) is 12.4 Å². The summed E-state index contributed by atoms with van der Waals surface area (Å²) < 4.78 is 5.15. The zero-order valence-corrected chi connectivity index (χ0v) is 12.0. The number of halogens is 1. The predicted molar refractivity (Wildman–Crippen MR) is 77.6 cm³/mol. The fourth-order valence-corrected chi connectivity index (χ4v) is 2.50. The van der Waals surface area contributed by atoms with Crippen molar-refractivity contribution in [1.82, 2.24) is 4.90 Å². The first-order chi connectivity index (χ1) is 8.76. The average molecular weight is 285 g/mol. The van der Waals surface area contributed by atoms with E-state index in [0.717, 1.165) is 25.1 Å². The van der Waals surface area contributed by atoms with E-state index in [1.54, 1.807) is 7.11 Å². The van der Waals surface area contributed by atoms with Crippen LogP contribution in [-0.4, -0.2) is 31.0 Å². The number of rotatable bonds is 4. The fourth-order valence-electron chi connectivity index (χ4n) is 2.50. The lowest BCUT2D eigenvalue weighted by Crippen LogP contribution is -2.31. The van der Waals surface area contributed by atoms with Crippen molar-refractivity contribution in [2.75, 3.05) is 20.2 Å². The molecule has 0 radical (unpaired) electrons. The van der Waals surface area contributed by atoms with Gasteiger partial charge in [-0.1, -0.05) is 12.1 Å². The molecule has 0 aliphatic carbocycles. The van der Waals surface area contributed by atoms with E-state index >= 15 is 0 Å². The third kappa shape index (κ3) is 3.61.